The highest BCUT2D eigenvalue weighted by molar-refractivity contribution is 4.86. The number of aliphatic hydroxyl groups is 3. The minimum Gasteiger partial charge on any atom is -0.394 e. The van der Waals surface area contributed by atoms with Gasteiger partial charge >= 0.3 is 0 Å². The standard InChI is InChI=1S/C8H16O2.C3H8O/c1-3-5-8(10)6-7(9)4-2;1-3(2)4/h3,5,7-10H,4,6H2,1-2H3;3-4H,1-2H3. The molecule has 0 fully saturated rings. The van der Waals surface area contributed by atoms with Gasteiger partial charge in [-0.2, -0.15) is 0 Å². The van der Waals surface area contributed by atoms with Crippen molar-refractivity contribution in [3.8, 4) is 0 Å². The molecule has 14 heavy (non-hydrogen) atoms. The number of hydrogen-bond donors (Lipinski definition) is 3. The summed E-state index contributed by atoms with van der Waals surface area (Å²) in [5, 5.41) is 26.2. The summed E-state index contributed by atoms with van der Waals surface area (Å²) >= 11 is 0. The van der Waals surface area contributed by atoms with Crippen molar-refractivity contribution in [2.75, 3.05) is 0 Å². The maximum atomic E-state index is 9.10. The Morgan fingerprint density at radius 2 is 1.57 bits per heavy atom. The number of aliphatic hydroxyl groups excluding tert-OH is 3. The lowest BCUT2D eigenvalue weighted by molar-refractivity contribution is 0.101. The van der Waals surface area contributed by atoms with Crippen LogP contribution in [0.5, 0.6) is 0 Å². The van der Waals surface area contributed by atoms with Crippen LogP contribution in [0.25, 0.3) is 0 Å². The molecule has 3 nitrogen and oxygen atoms in total. The first kappa shape index (κ1) is 16.1. The van der Waals surface area contributed by atoms with Gasteiger partial charge in [0.05, 0.1) is 12.2 Å². The van der Waals surface area contributed by atoms with Crippen LogP contribution in [0.2, 0.25) is 0 Å². The Hall–Kier alpha value is -0.380. The average Bonchev–Trinajstić information content (AvgIpc) is 2.03. The van der Waals surface area contributed by atoms with E-state index in [1.807, 2.05) is 13.8 Å². The molecule has 0 aromatic heterocycles. The molecule has 0 saturated carbocycles. The summed E-state index contributed by atoms with van der Waals surface area (Å²) in [5.41, 5.74) is 0. The van der Waals surface area contributed by atoms with E-state index in [1.165, 1.54) is 0 Å². The summed E-state index contributed by atoms with van der Waals surface area (Å²) < 4.78 is 0. The van der Waals surface area contributed by atoms with E-state index in [1.54, 1.807) is 26.0 Å². The van der Waals surface area contributed by atoms with E-state index in [4.69, 9.17) is 15.3 Å². The van der Waals surface area contributed by atoms with Crippen LogP contribution in [0.3, 0.4) is 0 Å². The van der Waals surface area contributed by atoms with E-state index in [9.17, 15) is 0 Å². The van der Waals surface area contributed by atoms with E-state index in [0.717, 1.165) is 0 Å². The van der Waals surface area contributed by atoms with Crippen molar-refractivity contribution in [3.63, 3.8) is 0 Å². The molecule has 0 aliphatic carbocycles. The molecule has 0 aromatic rings. The molecular weight excluding hydrogens is 180 g/mol. The van der Waals surface area contributed by atoms with Crippen LogP contribution >= 0.6 is 0 Å². The average molecular weight is 204 g/mol. The third kappa shape index (κ3) is 17.6. The molecule has 86 valence electrons. The highest BCUT2D eigenvalue weighted by Crippen LogP contribution is 2.02. The maximum absolute atomic E-state index is 9.10. The van der Waals surface area contributed by atoms with Crippen LogP contribution in [0, 0.1) is 0 Å². The summed E-state index contributed by atoms with van der Waals surface area (Å²) in [6, 6.07) is 0. The van der Waals surface area contributed by atoms with Gasteiger partial charge in [-0.1, -0.05) is 19.1 Å². The smallest absolute Gasteiger partial charge is 0.0745 e. The number of hydrogen-bond acceptors (Lipinski definition) is 3. The molecular formula is C11H24O3. The predicted molar refractivity (Wildman–Crippen MR) is 59.1 cm³/mol. The Morgan fingerprint density at radius 3 is 1.86 bits per heavy atom. The van der Waals surface area contributed by atoms with Gasteiger partial charge in [-0.15, -0.1) is 0 Å². The van der Waals surface area contributed by atoms with Crippen molar-refractivity contribution in [1.82, 2.24) is 0 Å². The molecule has 0 aliphatic rings. The Bertz CT molecular complexity index is 130. The predicted octanol–water partition coefficient (Wildman–Crippen LogP) is 1.47. The fourth-order valence-electron chi connectivity index (χ4n) is 0.746. The summed E-state index contributed by atoms with van der Waals surface area (Å²) in [7, 11) is 0. The van der Waals surface area contributed by atoms with Crippen LogP contribution < -0.4 is 0 Å². The van der Waals surface area contributed by atoms with E-state index in [2.05, 4.69) is 0 Å². The van der Waals surface area contributed by atoms with Gasteiger partial charge in [0.15, 0.2) is 0 Å². The Balaban J connectivity index is 0. The molecule has 2 atom stereocenters. The van der Waals surface area contributed by atoms with Crippen LogP contribution in [0.1, 0.15) is 40.5 Å². The lowest BCUT2D eigenvalue weighted by atomic mass is 10.1. The topological polar surface area (TPSA) is 60.7 Å². The van der Waals surface area contributed by atoms with Gasteiger partial charge in [-0.3, -0.25) is 0 Å². The highest BCUT2D eigenvalue weighted by Gasteiger charge is 2.05. The second-order valence-electron chi connectivity index (χ2n) is 3.48. The molecule has 0 aromatic carbocycles. The Labute approximate surface area is 87.1 Å². The summed E-state index contributed by atoms with van der Waals surface area (Å²) in [6.07, 6.45) is 3.59. The van der Waals surface area contributed by atoms with Crippen LogP contribution in [-0.2, 0) is 0 Å². The van der Waals surface area contributed by atoms with Gasteiger partial charge in [0.25, 0.3) is 0 Å². The van der Waals surface area contributed by atoms with Gasteiger partial charge in [0, 0.05) is 12.5 Å². The lowest BCUT2D eigenvalue weighted by Gasteiger charge is -2.09. The van der Waals surface area contributed by atoms with Crippen molar-refractivity contribution >= 4 is 0 Å². The third-order valence-corrected chi connectivity index (χ3v) is 1.40. The lowest BCUT2D eigenvalue weighted by Crippen LogP contribution is -2.14. The van der Waals surface area contributed by atoms with E-state index < -0.39 is 6.10 Å². The fraction of sp³-hybridized carbons (Fsp3) is 0.818. The normalized spacial score (nSPS) is 15.1. The van der Waals surface area contributed by atoms with Gasteiger partial charge in [0.1, 0.15) is 0 Å². The summed E-state index contributed by atoms with van der Waals surface area (Å²) in [4.78, 5) is 0. The van der Waals surface area contributed by atoms with Crippen LogP contribution in [0.4, 0.5) is 0 Å². The maximum Gasteiger partial charge on any atom is 0.0745 e. The quantitative estimate of drug-likeness (QED) is 0.608. The van der Waals surface area contributed by atoms with Crippen molar-refractivity contribution in [2.24, 2.45) is 0 Å². The molecule has 0 spiro atoms. The third-order valence-electron chi connectivity index (χ3n) is 1.40. The molecule has 0 bridgehead atoms. The zero-order valence-electron chi connectivity index (χ0n) is 9.64. The first-order valence-electron chi connectivity index (χ1n) is 5.11. The van der Waals surface area contributed by atoms with Crippen molar-refractivity contribution in [1.29, 1.82) is 0 Å². The molecule has 0 radical (unpaired) electrons. The highest BCUT2D eigenvalue weighted by atomic mass is 16.3. The van der Waals surface area contributed by atoms with Gasteiger partial charge in [0.2, 0.25) is 0 Å². The molecule has 3 N–H and O–H groups in total. The minimum absolute atomic E-state index is 0.167. The van der Waals surface area contributed by atoms with E-state index in [0.29, 0.717) is 12.8 Å². The first-order valence-corrected chi connectivity index (χ1v) is 5.11. The summed E-state index contributed by atoms with van der Waals surface area (Å²) in [5.74, 6) is 0. The minimum atomic E-state index is -0.486. The zero-order chi connectivity index (χ0) is 11.6. The molecule has 0 saturated heterocycles. The molecule has 0 amide bonds. The molecule has 2 unspecified atom stereocenters. The van der Waals surface area contributed by atoms with Gasteiger partial charge < -0.3 is 15.3 Å². The second kappa shape index (κ2) is 10.7. The van der Waals surface area contributed by atoms with Crippen molar-refractivity contribution in [2.45, 2.75) is 58.8 Å². The van der Waals surface area contributed by atoms with E-state index >= 15 is 0 Å². The summed E-state index contributed by atoms with van der Waals surface area (Å²) in [6.45, 7) is 7.19. The molecule has 3 heteroatoms. The van der Waals surface area contributed by atoms with Crippen LogP contribution in [0.15, 0.2) is 12.2 Å². The number of allylic oxidation sites excluding steroid dienone is 1. The Kier molecular flexibility index (Phi) is 12.3. The number of rotatable bonds is 4. The van der Waals surface area contributed by atoms with Crippen molar-refractivity contribution < 1.29 is 15.3 Å². The van der Waals surface area contributed by atoms with Gasteiger partial charge in [-0.05, 0) is 27.2 Å². The van der Waals surface area contributed by atoms with E-state index in [-0.39, 0.29) is 12.2 Å². The van der Waals surface area contributed by atoms with Gasteiger partial charge in [-0.25, -0.2) is 0 Å². The SMILES string of the molecule is CC(C)O.CC=CC(O)CC(O)CC. The molecule has 0 rings (SSSR count). The largest absolute Gasteiger partial charge is 0.394 e. The second-order valence-corrected chi connectivity index (χ2v) is 3.48. The van der Waals surface area contributed by atoms with Crippen molar-refractivity contribution in [3.05, 3.63) is 12.2 Å². The van der Waals surface area contributed by atoms with Crippen LogP contribution in [-0.4, -0.2) is 33.6 Å². The molecule has 0 aliphatic heterocycles. The monoisotopic (exact) mass is 204 g/mol. The molecule has 0 heterocycles. The first-order chi connectivity index (χ1) is 6.43. The Morgan fingerprint density at radius 1 is 1.14 bits per heavy atom. The zero-order valence-corrected chi connectivity index (χ0v) is 9.64. The fourth-order valence-corrected chi connectivity index (χ4v) is 0.746.